The Morgan fingerprint density at radius 3 is 3.20 bits per heavy atom. The molecule has 0 amide bonds. The second-order valence-corrected chi connectivity index (χ2v) is 5.20. The van der Waals surface area contributed by atoms with Crippen molar-refractivity contribution in [1.82, 2.24) is 14.4 Å². The molecule has 1 aliphatic rings. The minimum atomic E-state index is 0.602. The average Bonchev–Trinajstić information content (AvgIpc) is 2.87. The van der Waals surface area contributed by atoms with E-state index in [-0.39, 0.29) is 0 Å². The van der Waals surface area contributed by atoms with E-state index in [1.54, 1.807) is 0 Å². The number of hydrogen-bond donors (Lipinski definition) is 0. The van der Waals surface area contributed by atoms with Gasteiger partial charge in [-0.15, -0.1) is 0 Å². The Hall–Kier alpha value is -1.03. The predicted molar refractivity (Wildman–Crippen MR) is 62.2 cm³/mol. The third kappa shape index (κ3) is 1.44. The molecule has 0 aromatic carbocycles. The van der Waals surface area contributed by atoms with Crippen LogP contribution in [0.3, 0.4) is 0 Å². The van der Waals surface area contributed by atoms with E-state index in [1.807, 2.05) is 30.4 Å². The fourth-order valence-corrected chi connectivity index (χ4v) is 3.48. The van der Waals surface area contributed by atoms with Crippen molar-refractivity contribution >= 4 is 17.4 Å². The number of nitrogens with zero attached hydrogens (tertiary/aromatic N) is 3. The Kier molecular flexibility index (Phi) is 2.16. The zero-order valence-electron chi connectivity index (χ0n) is 8.68. The van der Waals surface area contributed by atoms with Gasteiger partial charge in [0.2, 0.25) is 0 Å². The second kappa shape index (κ2) is 3.52. The van der Waals surface area contributed by atoms with Gasteiger partial charge in [-0.1, -0.05) is 0 Å². The summed E-state index contributed by atoms with van der Waals surface area (Å²) in [7, 11) is 0. The summed E-state index contributed by atoms with van der Waals surface area (Å²) in [6, 6.07) is 0. The second-order valence-electron chi connectivity index (χ2n) is 3.89. The van der Waals surface area contributed by atoms with Crippen LogP contribution in [0.25, 0.3) is 5.65 Å². The van der Waals surface area contributed by atoms with Gasteiger partial charge in [0.05, 0.1) is 11.9 Å². The number of imidazole rings is 1. The molecule has 3 heterocycles. The van der Waals surface area contributed by atoms with Crippen molar-refractivity contribution in [3.8, 4) is 0 Å². The summed E-state index contributed by atoms with van der Waals surface area (Å²) in [4.78, 5) is 8.78. The molecule has 3 rings (SSSR count). The molecule has 0 saturated carbocycles. The first-order chi connectivity index (χ1) is 7.36. The van der Waals surface area contributed by atoms with Gasteiger partial charge in [0.15, 0.2) is 5.65 Å². The van der Waals surface area contributed by atoms with Crippen LogP contribution in [0.1, 0.15) is 29.5 Å². The van der Waals surface area contributed by atoms with E-state index in [0.29, 0.717) is 5.25 Å². The van der Waals surface area contributed by atoms with Crippen LogP contribution < -0.4 is 0 Å². The van der Waals surface area contributed by atoms with Gasteiger partial charge in [-0.25, -0.2) is 4.98 Å². The van der Waals surface area contributed by atoms with Crippen molar-refractivity contribution < 1.29 is 0 Å². The monoisotopic (exact) mass is 219 g/mol. The molecule has 78 valence electrons. The summed E-state index contributed by atoms with van der Waals surface area (Å²) in [5.41, 5.74) is 3.50. The first kappa shape index (κ1) is 9.21. The van der Waals surface area contributed by atoms with Gasteiger partial charge in [0.25, 0.3) is 0 Å². The lowest BCUT2D eigenvalue weighted by atomic mass is 10.2. The standard InChI is InChI=1S/C11H13N3S/c1-8-11(9-3-2-6-15-9)13-10-7-12-4-5-14(8)10/h4-5,7,9H,2-3,6H2,1H3. The van der Waals surface area contributed by atoms with Gasteiger partial charge in [0.1, 0.15) is 0 Å². The molecule has 15 heavy (non-hydrogen) atoms. The lowest BCUT2D eigenvalue weighted by Gasteiger charge is -2.05. The van der Waals surface area contributed by atoms with E-state index in [4.69, 9.17) is 0 Å². The van der Waals surface area contributed by atoms with Crippen molar-refractivity contribution in [3.05, 3.63) is 30.0 Å². The molecule has 2 aromatic heterocycles. The Bertz CT molecular complexity index is 486. The quantitative estimate of drug-likeness (QED) is 0.738. The summed E-state index contributed by atoms with van der Waals surface area (Å²) in [6.45, 7) is 2.15. The highest BCUT2D eigenvalue weighted by molar-refractivity contribution is 7.99. The third-order valence-electron chi connectivity index (χ3n) is 2.94. The van der Waals surface area contributed by atoms with Gasteiger partial charge in [-0.3, -0.25) is 4.98 Å². The zero-order valence-corrected chi connectivity index (χ0v) is 9.50. The topological polar surface area (TPSA) is 30.2 Å². The normalized spacial score (nSPS) is 21.3. The summed E-state index contributed by atoms with van der Waals surface area (Å²) in [6.07, 6.45) is 8.22. The van der Waals surface area contributed by atoms with Crippen LogP contribution in [-0.4, -0.2) is 20.1 Å². The van der Waals surface area contributed by atoms with Gasteiger partial charge >= 0.3 is 0 Å². The van der Waals surface area contributed by atoms with Crippen LogP contribution in [0.4, 0.5) is 0 Å². The van der Waals surface area contributed by atoms with Gasteiger partial charge in [0, 0.05) is 23.3 Å². The van der Waals surface area contributed by atoms with Crippen LogP contribution in [-0.2, 0) is 0 Å². The molecule has 0 radical (unpaired) electrons. The van der Waals surface area contributed by atoms with Crippen molar-refractivity contribution in [2.45, 2.75) is 25.0 Å². The molecule has 3 nitrogen and oxygen atoms in total. The maximum Gasteiger partial charge on any atom is 0.155 e. The molecule has 0 spiro atoms. The molecular weight excluding hydrogens is 206 g/mol. The van der Waals surface area contributed by atoms with Crippen LogP contribution >= 0.6 is 11.8 Å². The van der Waals surface area contributed by atoms with Gasteiger partial charge in [-0.05, 0) is 25.5 Å². The van der Waals surface area contributed by atoms with Gasteiger partial charge < -0.3 is 4.40 Å². The number of rotatable bonds is 1. The van der Waals surface area contributed by atoms with Crippen molar-refractivity contribution in [2.24, 2.45) is 0 Å². The molecule has 1 fully saturated rings. The smallest absolute Gasteiger partial charge is 0.155 e. The summed E-state index contributed by atoms with van der Waals surface area (Å²) < 4.78 is 2.13. The first-order valence-corrected chi connectivity index (χ1v) is 6.31. The van der Waals surface area contributed by atoms with Crippen LogP contribution in [0.15, 0.2) is 18.6 Å². The highest BCUT2D eigenvalue weighted by atomic mass is 32.2. The molecule has 1 unspecified atom stereocenters. The largest absolute Gasteiger partial charge is 0.301 e. The van der Waals surface area contributed by atoms with E-state index in [1.165, 1.54) is 30.0 Å². The first-order valence-electron chi connectivity index (χ1n) is 5.26. The fourth-order valence-electron chi connectivity index (χ4n) is 2.15. The SMILES string of the molecule is Cc1c(C2CCCS2)nc2cnccn12. The van der Waals surface area contributed by atoms with Crippen LogP contribution in [0.2, 0.25) is 0 Å². The Morgan fingerprint density at radius 1 is 1.53 bits per heavy atom. The number of aromatic nitrogens is 3. The summed E-state index contributed by atoms with van der Waals surface area (Å²) >= 11 is 2.03. The zero-order chi connectivity index (χ0) is 10.3. The maximum atomic E-state index is 4.67. The van der Waals surface area contributed by atoms with Crippen molar-refractivity contribution in [3.63, 3.8) is 0 Å². The summed E-state index contributed by atoms with van der Waals surface area (Å²) in [5.74, 6) is 1.27. The molecule has 4 heteroatoms. The van der Waals surface area contributed by atoms with E-state index >= 15 is 0 Å². The Balaban J connectivity index is 2.14. The maximum absolute atomic E-state index is 4.67. The third-order valence-corrected chi connectivity index (χ3v) is 4.33. The van der Waals surface area contributed by atoms with Crippen molar-refractivity contribution in [2.75, 3.05) is 5.75 Å². The number of fused-ring (bicyclic) bond motifs is 1. The molecule has 0 aliphatic carbocycles. The number of aryl methyl sites for hydroxylation is 1. The highest BCUT2D eigenvalue weighted by Crippen LogP contribution is 2.40. The van der Waals surface area contributed by atoms with Gasteiger partial charge in [-0.2, -0.15) is 11.8 Å². The minimum Gasteiger partial charge on any atom is -0.301 e. The molecular formula is C11H13N3S. The molecule has 1 saturated heterocycles. The average molecular weight is 219 g/mol. The van der Waals surface area contributed by atoms with Crippen molar-refractivity contribution in [1.29, 1.82) is 0 Å². The number of hydrogen-bond acceptors (Lipinski definition) is 3. The fraction of sp³-hybridized carbons (Fsp3) is 0.455. The van der Waals surface area contributed by atoms with E-state index in [2.05, 4.69) is 21.3 Å². The van der Waals surface area contributed by atoms with E-state index in [0.717, 1.165) is 5.65 Å². The molecule has 0 N–H and O–H groups in total. The Morgan fingerprint density at radius 2 is 2.47 bits per heavy atom. The lowest BCUT2D eigenvalue weighted by Crippen LogP contribution is -1.93. The van der Waals surface area contributed by atoms with Crippen LogP contribution in [0, 0.1) is 6.92 Å². The summed E-state index contributed by atoms with van der Waals surface area (Å²) in [5, 5.41) is 0.602. The molecule has 1 aliphatic heterocycles. The van der Waals surface area contributed by atoms with E-state index in [9.17, 15) is 0 Å². The molecule has 1 atom stereocenters. The Labute approximate surface area is 92.9 Å². The highest BCUT2D eigenvalue weighted by Gasteiger charge is 2.22. The minimum absolute atomic E-state index is 0.602. The van der Waals surface area contributed by atoms with E-state index < -0.39 is 0 Å². The lowest BCUT2D eigenvalue weighted by molar-refractivity contribution is 0.806. The predicted octanol–water partition coefficient (Wildman–Crippen LogP) is 2.61. The number of thioether (sulfide) groups is 1. The molecule has 2 aromatic rings. The van der Waals surface area contributed by atoms with Crippen LogP contribution in [0.5, 0.6) is 0 Å². The molecule has 0 bridgehead atoms.